The molecule has 1 aromatic heterocycles. The zero-order valence-electron chi connectivity index (χ0n) is 7.10. The zero-order chi connectivity index (χ0) is 5.98. The fourth-order valence-corrected chi connectivity index (χ4v) is 0.493. The molecule has 0 aliphatic heterocycles. The molecule has 0 fully saturated rings. The first-order valence-corrected chi connectivity index (χ1v) is 2.39. The summed E-state index contributed by atoms with van der Waals surface area (Å²) in [5.41, 5.74) is 1.69. The molecule has 0 saturated heterocycles. The SMILES string of the molecule is Cc1[c-]c(C)n[c-]n1.[W].[W].[W].[W].[Y]. The maximum absolute atomic E-state index is 3.75. The number of hydrogen-bond acceptors (Lipinski definition) is 2. The van der Waals surface area contributed by atoms with Crippen molar-refractivity contribution in [3.8, 4) is 0 Å². The Morgan fingerprint density at radius 2 is 1.15 bits per heavy atom. The standard InChI is InChI=1S/C6H6N2.4W.Y/c1-5-3-6(2)8-4-7-5;;;;;/h1-2H3;;;;;/q-2;;;;;. The van der Waals surface area contributed by atoms with Crippen LogP contribution in [-0.4, -0.2) is 9.97 Å². The van der Waals surface area contributed by atoms with Crippen molar-refractivity contribution in [1.82, 2.24) is 9.97 Å². The molecule has 2 nitrogen and oxygen atoms in total. The molecule has 0 atom stereocenters. The van der Waals surface area contributed by atoms with Crippen molar-refractivity contribution in [3.63, 3.8) is 0 Å². The van der Waals surface area contributed by atoms with Gasteiger partial charge >= 0.3 is 0 Å². The van der Waals surface area contributed by atoms with Crippen LogP contribution in [0.15, 0.2) is 0 Å². The monoisotopic (exact) mass is 931 g/mol. The Morgan fingerprint density at radius 3 is 1.31 bits per heavy atom. The maximum Gasteiger partial charge on any atom is 0.0163 e. The molecule has 0 bridgehead atoms. The Labute approximate surface area is 162 Å². The molecule has 0 aromatic carbocycles. The van der Waals surface area contributed by atoms with E-state index < -0.39 is 0 Å². The molecule has 1 aromatic rings. The van der Waals surface area contributed by atoms with E-state index in [-0.39, 0.29) is 117 Å². The molecule has 0 spiro atoms. The third kappa shape index (κ3) is 14.9. The Morgan fingerprint density at radius 1 is 0.846 bits per heavy atom. The Balaban J connectivity index is -0.0000000427. The van der Waals surface area contributed by atoms with Gasteiger partial charge in [0.15, 0.2) is 0 Å². The van der Waals surface area contributed by atoms with E-state index in [2.05, 4.69) is 22.4 Å². The molecule has 0 amide bonds. The number of rotatable bonds is 0. The van der Waals surface area contributed by atoms with Gasteiger partial charge in [0.2, 0.25) is 0 Å². The fourth-order valence-electron chi connectivity index (χ4n) is 0.493. The second-order valence-corrected chi connectivity index (χ2v) is 1.62. The summed E-state index contributed by atoms with van der Waals surface area (Å²) in [5, 5.41) is 0. The molecule has 13 heavy (non-hydrogen) atoms. The van der Waals surface area contributed by atoms with Crippen molar-refractivity contribution in [1.29, 1.82) is 0 Å². The molecule has 0 aliphatic rings. The van der Waals surface area contributed by atoms with Gasteiger partial charge in [-0.2, -0.15) is 0 Å². The van der Waals surface area contributed by atoms with Crippen molar-refractivity contribution in [2.24, 2.45) is 0 Å². The number of aromatic nitrogens is 2. The van der Waals surface area contributed by atoms with E-state index in [0.29, 0.717) is 0 Å². The summed E-state index contributed by atoms with van der Waals surface area (Å²) in [6.45, 7) is 3.73. The molecule has 0 aliphatic carbocycles. The van der Waals surface area contributed by atoms with Crippen molar-refractivity contribution in [3.05, 3.63) is 23.8 Å². The first kappa shape index (κ1) is 29.7. The number of nitrogens with zero attached hydrogens (tertiary/aromatic N) is 2. The van der Waals surface area contributed by atoms with Crippen molar-refractivity contribution < 1.29 is 117 Å². The molecule has 0 saturated carbocycles. The minimum absolute atomic E-state index is 0. The van der Waals surface area contributed by atoms with Gasteiger partial charge in [0.1, 0.15) is 0 Å². The summed E-state index contributed by atoms with van der Waals surface area (Å²) >= 11 is 0. The summed E-state index contributed by atoms with van der Waals surface area (Å²) in [5.74, 6) is 0. The Hall–Kier alpha value is 2.94. The van der Waals surface area contributed by atoms with Crippen LogP contribution >= 0.6 is 0 Å². The van der Waals surface area contributed by atoms with Crippen LogP contribution in [0.1, 0.15) is 11.4 Å². The average molecular weight is 930 g/mol. The first-order valence-electron chi connectivity index (χ1n) is 2.39. The van der Waals surface area contributed by atoms with Crippen molar-refractivity contribution >= 4 is 0 Å². The van der Waals surface area contributed by atoms with E-state index in [9.17, 15) is 0 Å². The minimum Gasteiger partial charge on any atom is -0.571 e. The van der Waals surface area contributed by atoms with E-state index in [4.69, 9.17) is 0 Å². The fraction of sp³-hybridized carbons (Fsp3) is 0.333. The van der Waals surface area contributed by atoms with Gasteiger partial charge < -0.3 is 16.0 Å². The van der Waals surface area contributed by atoms with Crippen LogP contribution in [0.3, 0.4) is 0 Å². The Bertz CT molecular complexity index is 182. The van der Waals surface area contributed by atoms with Crippen LogP contribution in [0.25, 0.3) is 0 Å². The van der Waals surface area contributed by atoms with Gasteiger partial charge in [0, 0.05) is 123 Å². The van der Waals surface area contributed by atoms with Crippen LogP contribution in [0.4, 0.5) is 0 Å². The predicted molar refractivity (Wildman–Crippen MR) is 29.2 cm³/mol. The van der Waals surface area contributed by atoms with Crippen LogP contribution in [0.2, 0.25) is 0 Å². The quantitative estimate of drug-likeness (QED) is 0.359. The van der Waals surface area contributed by atoms with Gasteiger partial charge in [0.25, 0.3) is 0 Å². The predicted octanol–water partition coefficient (Wildman–Crippen LogP) is 0.681. The summed E-state index contributed by atoms with van der Waals surface area (Å²) < 4.78 is 0. The topological polar surface area (TPSA) is 25.8 Å². The summed E-state index contributed by atoms with van der Waals surface area (Å²) in [4.78, 5) is 7.50. The summed E-state index contributed by atoms with van der Waals surface area (Å²) in [6.07, 6.45) is 2.50. The molecule has 0 unspecified atom stereocenters. The molecule has 1 radical (unpaired) electrons. The van der Waals surface area contributed by atoms with E-state index in [0.717, 1.165) is 11.4 Å². The molecular weight excluding hydrogens is 924 g/mol. The second-order valence-electron chi connectivity index (χ2n) is 1.62. The molecular formula is C6H6N2W4Y-2. The van der Waals surface area contributed by atoms with Crippen LogP contribution in [0, 0.1) is 26.2 Å². The van der Waals surface area contributed by atoms with E-state index in [1.54, 1.807) is 0 Å². The van der Waals surface area contributed by atoms with Gasteiger partial charge in [-0.25, -0.2) is 0 Å². The number of hydrogen-bond donors (Lipinski definition) is 0. The van der Waals surface area contributed by atoms with Crippen LogP contribution in [0.5, 0.6) is 0 Å². The summed E-state index contributed by atoms with van der Waals surface area (Å²) in [7, 11) is 0. The van der Waals surface area contributed by atoms with Crippen LogP contribution in [-0.2, 0) is 117 Å². The maximum atomic E-state index is 3.75. The van der Waals surface area contributed by atoms with Gasteiger partial charge in [-0.1, -0.05) is 0 Å². The zero-order valence-corrected chi connectivity index (χ0v) is 21.7. The largest absolute Gasteiger partial charge is 0.571 e. The first-order chi connectivity index (χ1) is 3.79. The van der Waals surface area contributed by atoms with Gasteiger partial charge in [-0.15, -0.1) is 13.8 Å². The molecule has 0 N–H and O–H groups in total. The normalized spacial score (nSPS) is 5.69. The van der Waals surface area contributed by atoms with E-state index in [1.165, 1.54) is 0 Å². The Kier molecular flexibility index (Phi) is 39.6. The average Bonchev–Trinajstić information content (AvgIpc) is 1.64. The molecule has 7 heteroatoms. The minimum atomic E-state index is 0. The van der Waals surface area contributed by atoms with Gasteiger partial charge in [-0.05, 0) is 0 Å². The second kappa shape index (κ2) is 17.3. The van der Waals surface area contributed by atoms with Gasteiger partial charge in [-0.3, -0.25) is 11.4 Å². The molecule has 1 rings (SSSR count). The smallest absolute Gasteiger partial charge is 0.0163 e. The van der Waals surface area contributed by atoms with Gasteiger partial charge in [0.05, 0.1) is 0 Å². The van der Waals surface area contributed by atoms with E-state index in [1.807, 2.05) is 13.8 Å². The third-order valence-electron chi connectivity index (χ3n) is 0.797. The van der Waals surface area contributed by atoms with Crippen LogP contribution < -0.4 is 0 Å². The number of aryl methyl sites for hydroxylation is 2. The van der Waals surface area contributed by atoms with Crippen molar-refractivity contribution in [2.45, 2.75) is 13.8 Å². The third-order valence-corrected chi connectivity index (χ3v) is 0.797. The van der Waals surface area contributed by atoms with E-state index >= 15 is 0 Å². The van der Waals surface area contributed by atoms with Crippen molar-refractivity contribution in [2.75, 3.05) is 0 Å². The molecule has 1 heterocycles. The summed E-state index contributed by atoms with van der Waals surface area (Å²) in [6, 6.07) is 2.92. The molecule has 69 valence electrons.